The molecule has 0 spiro atoms. The molecule has 0 aliphatic heterocycles. The third kappa shape index (κ3) is 3.04. The zero-order valence-corrected chi connectivity index (χ0v) is 16.6. The van der Waals surface area contributed by atoms with Gasteiger partial charge in [-0.3, -0.25) is 4.79 Å². The number of anilines is 1. The number of aromatic nitrogens is 2. The predicted molar refractivity (Wildman–Crippen MR) is 115 cm³/mol. The van der Waals surface area contributed by atoms with Gasteiger partial charge in [0.2, 0.25) is 5.89 Å². The van der Waals surface area contributed by atoms with Gasteiger partial charge in [0.15, 0.2) is 11.1 Å². The molecule has 4 rings (SSSR count). The molecule has 0 aliphatic rings. The lowest BCUT2D eigenvalue weighted by atomic mass is 9.93. The average Bonchev–Trinajstić information content (AvgIpc) is 3.18. The van der Waals surface area contributed by atoms with Crippen LogP contribution >= 0.6 is 0 Å². The quantitative estimate of drug-likeness (QED) is 0.507. The van der Waals surface area contributed by atoms with Gasteiger partial charge in [-0.1, -0.05) is 24.3 Å². The number of nitriles is 1. The molecule has 0 atom stereocenters. The molecular formula is C23H20N4O3. The number of aliphatic hydroxyl groups excluding tert-OH is 1. The maximum Gasteiger partial charge on any atom is 0.280 e. The average molecular weight is 400 g/mol. The second-order valence-electron chi connectivity index (χ2n) is 7.07. The van der Waals surface area contributed by atoms with Crippen molar-refractivity contribution in [2.45, 2.75) is 20.4 Å². The molecule has 7 heteroatoms. The first-order valence-electron chi connectivity index (χ1n) is 9.46. The summed E-state index contributed by atoms with van der Waals surface area (Å²) < 4.78 is 7.15. The fraction of sp³-hybridized carbons (Fsp3) is 0.174. The molecule has 4 aromatic rings. The number of nitrogens with two attached hydrogens (primary N) is 1. The summed E-state index contributed by atoms with van der Waals surface area (Å²) in [5.74, 6) is 0.265. The number of nitrogen functional groups attached to an aromatic ring is 1. The summed E-state index contributed by atoms with van der Waals surface area (Å²) in [6.07, 6.45) is 1.38. The molecule has 2 aromatic heterocycles. The van der Waals surface area contributed by atoms with Crippen molar-refractivity contribution in [2.24, 2.45) is 0 Å². The van der Waals surface area contributed by atoms with E-state index in [1.54, 1.807) is 0 Å². The Labute approximate surface area is 172 Å². The SMILES string of the molecule is Cc1c(N)cccc1-c1cccc(-c2nc3c(=O)n(CCO)cc(C#N)c3o2)c1C. The topological polar surface area (TPSA) is 118 Å². The molecule has 2 aromatic carbocycles. The number of pyridine rings is 1. The summed E-state index contributed by atoms with van der Waals surface area (Å²) >= 11 is 0. The van der Waals surface area contributed by atoms with Gasteiger partial charge < -0.3 is 19.8 Å². The van der Waals surface area contributed by atoms with E-state index in [4.69, 9.17) is 10.2 Å². The molecule has 0 unspecified atom stereocenters. The molecule has 0 fully saturated rings. The monoisotopic (exact) mass is 400 g/mol. The minimum absolute atomic E-state index is 0.0717. The highest BCUT2D eigenvalue weighted by atomic mass is 16.3. The molecule has 30 heavy (non-hydrogen) atoms. The molecular weight excluding hydrogens is 380 g/mol. The normalized spacial score (nSPS) is 11.0. The van der Waals surface area contributed by atoms with Crippen molar-refractivity contribution in [3.63, 3.8) is 0 Å². The van der Waals surface area contributed by atoms with Crippen molar-refractivity contribution in [1.82, 2.24) is 9.55 Å². The standard InChI is InChI=1S/C23H20N4O3/c1-13-16(17-6-4-8-19(25)14(17)2)5-3-7-18(13)22-26-20-21(30-22)15(11-24)12-27(9-10-28)23(20)29/h3-8,12,28H,9-10,25H2,1-2H3. The molecule has 0 saturated carbocycles. The maximum atomic E-state index is 12.7. The first-order chi connectivity index (χ1) is 14.5. The minimum Gasteiger partial charge on any atom is -0.434 e. The van der Waals surface area contributed by atoms with Crippen molar-refractivity contribution in [3.8, 4) is 28.7 Å². The highest BCUT2D eigenvalue weighted by molar-refractivity contribution is 5.84. The van der Waals surface area contributed by atoms with E-state index in [9.17, 15) is 15.2 Å². The van der Waals surface area contributed by atoms with Gasteiger partial charge in [-0.25, -0.2) is 4.98 Å². The van der Waals surface area contributed by atoms with Crippen molar-refractivity contribution in [2.75, 3.05) is 12.3 Å². The summed E-state index contributed by atoms with van der Waals surface area (Å²) in [5, 5.41) is 18.7. The number of rotatable bonds is 4. The Bertz CT molecular complexity index is 1380. The Morgan fingerprint density at radius 3 is 2.50 bits per heavy atom. The van der Waals surface area contributed by atoms with Crippen molar-refractivity contribution >= 4 is 16.8 Å². The lowest BCUT2D eigenvalue weighted by Crippen LogP contribution is -2.22. The van der Waals surface area contributed by atoms with Crippen LogP contribution in [-0.2, 0) is 6.54 Å². The summed E-state index contributed by atoms with van der Waals surface area (Å²) in [6.45, 7) is 3.78. The number of aliphatic hydroxyl groups is 1. The van der Waals surface area contributed by atoms with Crippen LogP contribution in [0, 0.1) is 25.2 Å². The van der Waals surface area contributed by atoms with Crippen LogP contribution in [-0.4, -0.2) is 21.3 Å². The van der Waals surface area contributed by atoms with E-state index in [0.717, 1.165) is 27.8 Å². The van der Waals surface area contributed by atoms with E-state index >= 15 is 0 Å². The van der Waals surface area contributed by atoms with Gasteiger partial charge in [0.05, 0.1) is 6.61 Å². The highest BCUT2D eigenvalue weighted by Gasteiger charge is 2.19. The molecule has 2 heterocycles. The summed E-state index contributed by atoms with van der Waals surface area (Å²) in [6, 6.07) is 13.6. The van der Waals surface area contributed by atoms with Crippen molar-refractivity contribution in [3.05, 3.63) is 69.6 Å². The Kier molecular flexibility index (Phi) is 4.86. The third-order valence-electron chi connectivity index (χ3n) is 5.31. The maximum absolute atomic E-state index is 12.7. The van der Waals surface area contributed by atoms with Gasteiger partial charge in [-0.15, -0.1) is 0 Å². The number of benzene rings is 2. The fourth-order valence-electron chi connectivity index (χ4n) is 3.63. The Morgan fingerprint density at radius 1 is 1.13 bits per heavy atom. The van der Waals surface area contributed by atoms with E-state index < -0.39 is 5.56 Å². The van der Waals surface area contributed by atoms with Gasteiger partial charge in [0.25, 0.3) is 5.56 Å². The zero-order chi connectivity index (χ0) is 21.4. The second-order valence-corrected chi connectivity index (χ2v) is 7.07. The predicted octanol–water partition coefficient (Wildman–Crippen LogP) is 3.39. The lowest BCUT2D eigenvalue weighted by molar-refractivity contribution is 0.274. The zero-order valence-electron chi connectivity index (χ0n) is 16.6. The first-order valence-corrected chi connectivity index (χ1v) is 9.46. The van der Waals surface area contributed by atoms with Crippen LogP contribution in [0.15, 0.2) is 51.8 Å². The van der Waals surface area contributed by atoms with Gasteiger partial charge in [0.1, 0.15) is 11.6 Å². The Morgan fingerprint density at radius 2 is 1.80 bits per heavy atom. The van der Waals surface area contributed by atoms with Gasteiger partial charge in [-0.05, 0) is 48.2 Å². The van der Waals surface area contributed by atoms with Crippen LogP contribution in [0.25, 0.3) is 33.7 Å². The number of hydrogen-bond acceptors (Lipinski definition) is 6. The molecule has 0 bridgehead atoms. The van der Waals surface area contributed by atoms with Crippen LogP contribution in [0.4, 0.5) is 5.69 Å². The molecule has 150 valence electrons. The largest absolute Gasteiger partial charge is 0.434 e. The van der Waals surface area contributed by atoms with Crippen LogP contribution < -0.4 is 11.3 Å². The number of hydrogen-bond donors (Lipinski definition) is 2. The molecule has 0 aliphatic carbocycles. The van der Waals surface area contributed by atoms with Gasteiger partial charge in [-0.2, -0.15) is 5.26 Å². The third-order valence-corrected chi connectivity index (χ3v) is 5.31. The lowest BCUT2D eigenvalue weighted by Gasteiger charge is -2.13. The summed E-state index contributed by atoms with van der Waals surface area (Å²) in [4.78, 5) is 17.1. The van der Waals surface area contributed by atoms with Crippen LogP contribution in [0.3, 0.4) is 0 Å². The number of fused-ring (bicyclic) bond motifs is 1. The van der Waals surface area contributed by atoms with E-state index in [1.165, 1.54) is 10.8 Å². The molecule has 0 saturated heterocycles. The van der Waals surface area contributed by atoms with E-state index in [2.05, 4.69) is 4.98 Å². The summed E-state index contributed by atoms with van der Waals surface area (Å²) in [5.41, 5.74) is 11.4. The number of oxazole rings is 1. The van der Waals surface area contributed by atoms with E-state index in [0.29, 0.717) is 5.69 Å². The smallest absolute Gasteiger partial charge is 0.280 e. The Balaban J connectivity index is 1.94. The van der Waals surface area contributed by atoms with Crippen molar-refractivity contribution < 1.29 is 9.52 Å². The van der Waals surface area contributed by atoms with Crippen LogP contribution in [0.1, 0.15) is 16.7 Å². The second kappa shape index (κ2) is 7.50. The van der Waals surface area contributed by atoms with Gasteiger partial charge in [0, 0.05) is 24.0 Å². The van der Waals surface area contributed by atoms with E-state index in [1.807, 2.05) is 56.3 Å². The molecule has 0 radical (unpaired) electrons. The van der Waals surface area contributed by atoms with Crippen LogP contribution in [0.5, 0.6) is 0 Å². The van der Waals surface area contributed by atoms with Gasteiger partial charge >= 0.3 is 0 Å². The highest BCUT2D eigenvalue weighted by Crippen LogP contribution is 2.35. The summed E-state index contributed by atoms with van der Waals surface area (Å²) in [7, 11) is 0. The molecule has 0 amide bonds. The fourth-order valence-corrected chi connectivity index (χ4v) is 3.63. The first kappa shape index (κ1) is 19.4. The minimum atomic E-state index is -0.409. The molecule has 7 nitrogen and oxygen atoms in total. The molecule has 3 N–H and O–H groups in total. The Hall–Kier alpha value is -3.89. The van der Waals surface area contributed by atoms with E-state index in [-0.39, 0.29) is 35.7 Å². The van der Waals surface area contributed by atoms with Crippen molar-refractivity contribution in [1.29, 1.82) is 5.26 Å². The van der Waals surface area contributed by atoms with Crippen LogP contribution in [0.2, 0.25) is 0 Å². The number of nitrogens with zero attached hydrogens (tertiary/aromatic N) is 3.